The summed E-state index contributed by atoms with van der Waals surface area (Å²) < 4.78 is 10.3. The zero-order chi connectivity index (χ0) is 12.9. The maximum Gasteiger partial charge on any atom is 0.314 e. The number of hydrogen-bond donors (Lipinski definition) is 0. The maximum absolute atomic E-state index is 11.4. The molecule has 0 heterocycles. The van der Waals surface area contributed by atoms with Gasteiger partial charge in [-0.15, -0.1) is 11.8 Å². The van der Waals surface area contributed by atoms with E-state index < -0.39 is 5.41 Å². The molecule has 0 aliphatic carbocycles. The highest BCUT2D eigenvalue weighted by molar-refractivity contribution is 7.98. The molecule has 0 unspecified atom stereocenters. The molecule has 0 saturated heterocycles. The number of ether oxygens (including phenoxy) is 2. The van der Waals surface area contributed by atoms with Crippen LogP contribution in [0, 0.1) is 5.41 Å². The van der Waals surface area contributed by atoms with E-state index in [0.29, 0.717) is 6.61 Å². The third-order valence-electron chi connectivity index (χ3n) is 2.40. The van der Waals surface area contributed by atoms with E-state index in [1.54, 1.807) is 25.6 Å². The molecule has 0 spiro atoms. The van der Waals surface area contributed by atoms with E-state index in [4.69, 9.17) is 9.47 Å². The molecule has 1 aromatic rings. The predicted octanol–water partition coefficient (Wildman–Crippen LogP) is 2.99. The molecule has 17 heavy (non-hydrogen) atoms. The van der Waals surface area contributed by atoms with Crippen molar-refractivity contribution in [1.82, 2.24) is 0 Å². The molecule has 94 valence electrons. The molecule has 1 aromatic carbocycles. The second-order valence-corrected chi connectivity index (χ2v) is 5.22. The quantitative estimate of drug-likeness (QED) is 0.598. The zero-order valence-corrected chi connectivity index (χ0v) is 11.5. The molecule has 0 bridgehead atoms. The van der Waals surface area contributed by atoms with Crippen LogP contribution in [-0.4, -0.2) is 25.9 Å². The fraction of sp³-hybridized carbons (Fsp3) is 0.462. The Bertz CT molecular complexity index is 371. The molecule has 3 nitrogen and oxygen atoms in total. The predicted molar refractivity (Wildman–Crippen MR) is 69.5 cm³/mol. The van der Waals surface area contributed by atoms with Gasteiger partial charge in [0.1, 0.15) is 12.4 Å². The Morgan fingerprint density at radius 2 is 1.88 bits per heavy atom. The molecule has 0 N–H and O–H groups in total. The Morgan fingerprint density at radius 3 is 2.35 bits per heavy atom. The summed E-state index contributed by atoms with van der Waals surface area (Å²) in [7, 11) is 1.39. The number of rotatable bonds is 5. The van der Waals surface area contributed by atoms with Crippen LogP contribution < -0.4 is 4.74 Å². The van der Waals surface area contributed by atoms with Crippen molar-refractivity contribution in [2.75, 3.05) is 20.0 Å². The largest absolute Gasteiger partial charge is 0.492 e. The third-order valence-corrected chi connectivity index (χ3v) is 3.14. The summed E-state index contributed by atoms with van der Waals surface area (Å²) in [6.07, 6.45) is 2.02. The van der Waals surface area contributed by atoms with Crippen LogP contribution in [0.2, 0.25) is 0 Å². The van der Waals surface area contributed by atoms with E-state index >= 15 is 0 Å². The van der Waals surface area contributed by atoms with Gasteiger partial charge in [0.25, 0.3) is 0 Å². The van der Waals surface area contributed by atoms with Crippen LogP contribution in [0.5, 0.6) is 5.75 Å². The third kappa shape index (κ3) is 3.97. The number of carbonyl (C=O) groups excluding carboxylic acids is 1. The zero-order valence-electron chi connectivity index (χ0n) is 10.6. The van der Waals surface area contributed by atoms with Crippen molar-refractivity contribution in [3.8, 4) is 5.75 Å². The highest BCUT2D eigenvalue weighted by atomic mass is 32.2. The van der Waals surface area contributed by atoms with Crippen molar-refractivity contribution >= 4 is 17.7 Å². The van der Waals surface area contributed by atoms with Crippen LogP contribution in [0.1, 0.15) is 13.8 Å². The molecular weight excluding hydrogens is 236 g/mol. The number of thioether (sulfide) groups is 1. The summed E-state index contributed by atoms with van der Waals surface area (Å²) in [5.41, 5.74) is -0.632. The highest BCUT2D eigenvalue weighted by Crippen LogP contribution is 2.22. The van der Waals surface area contributed by atoms with Gasteiger partial charge in [0.05, 0.1) is 12.5 Å². The molecule has 0 aliphatic rings. The number of hydrogen-bond acceptors (Lipinski definition) is 4. The first-order valence-corrected chi connectivity index (χ1v) is 6.57. The Morgan fingerprint density at radius 1 is 1.29 bits per heavy atom. The van der Waals surface area contributed by atoms with E-state index in [1.807, 2.05) is 30.5 Å². The minimum atomic E-state index is -0.632. The minimum Gasteiger partial charge on any atom is -0.492 e. The summed E-state index contributed by atoms with van der Waals surface area (Å²) in [5, 5.41) is 0. The molecule has 4 heteroatoms. The molecule has 0 atom stereocenters. The van der Waals surface area contributed by atoms with Crippen molar-refractivity contribution in [3.05, 3.63) is 24.3 Å². The topological polar surface area (TPSA) is 35.5 Å². The number of esters is 1. The van der Waals surface area contributed by atoms with Gasteiger partial charge in [-0.25, -0.2) is 0 Å². The van der Waals surface area contributed by atoms with Gasteiger partial charge < -0.3 is 9.47 Å². The summed E-state index contributed by atoms with van der Waals surface area (Å²) in [6.45, 7) is 3.91. The van der Waals surface area contributed by atoms with Crippen LogP contribution >= 0.6 is 11.8 Å². The van der Waals surface area contributed by atoms with Gasteiger partial charge in [-0.2, -0.15) is 0 Å². The molecule has 0 radical (unpaired) electrons. The lowest BCUT2D eigenvalue weighted by Gasteiger charge is -2.21. The number of carbonyl (C=O) groups is 1. The van der Waals surface area contributed by atoms with E-state index in [2.05, 4.69) is 0 Å². The van der Waals surface area contributed by atoms with Crippen LogP contribution in [0.15, 0.2) is 29.2 Å². The van der Waals surface area contributed by atoms with E-state index in [-0.39, 0.29) is 5.97 Å². The Labute approximate surface area is 106 Å². The van der Waals surface area contributed by atoms with Gasteiger partial charge in [0.15, 0.2) is 0 Å². The lowest BCUT2D eigenvalue weighted by molar-refractivity contribution is -0.152. The fourth-order valence-corrected chi connectivity index (χ4v) is 1.68. The van der Waals surface area contributed by atoms with Gasteiger partial charge in [-0.1, -0.05) is 0 Å². The minimum absolute atomic E-state index is 0.266. The van der Waals surface area contributed by atoms with Crippen molar-refractivity contribution < 1.29 is 14.3 Å². The molecule has 0 saturated carbocycles. The summed E-state index contributed by atoms with van der Waals surface area (Å²) in [5.74, 6) is 0.498. The monoisotopic (exact) mass is 254 g/mol. The van der Waals surface area contributed by atoms with Gasteiger partial charge in [0, 0.05) is 4.90 Å². The van der Waals surface area contributed by atoms with Crippen molar-refractivity contribution in [1.29, 1.82) is 0 Å². The Balaban J connectivity index is 2.57. The molecule has 1 rings (SSSR count). The van der Waals surface area contributed by atoms with Crippen LogP contribution in [0.4, 0.5) is 0 Å². The first-order chi connectivity index (χ1) is 7.99. The molecule has 0 aromatic heterocycles. The fourth-order valence-electron chi connectivity index (χ4n) is 1.27. The average molecular weight is 254 g/mol. The molecule has 0 amide bonds. The van der Waals surface area contributed by atoms with Gasteiger partial charge in [-0.05, 0) is 44.4 Å². The average Bonchev–Trinajstić information content (AvgIpc) is 2.36. The molecular formula is C13H18O3S. The van der Waals surface area contributed by atoms with Crippen molar-refractivity contribution in [3.63, 3.8) is 0 Å². The maximum atomic E-state index is 11.4. The standard InChI is InChI=1S/C13H18O3S/c1-13(2,12(14)15-3)9-16-10-5-7-11(17-4)8-6-10/h5-8H,9H2,1-4H3. The lowest BCUT2D eigenvalue weighted by atomic mass is 9.95. The number of methoxy groups -OCH3 is 1. The van der Waals surface area contributed by atoms with Gasteiger partial charge >= 0.3 is 5.97 Å². The van der Waals surface area contributed by atoms with E-state index in [9.17, 15) is 4.79 Å². The van der Waals surface area contributed by atoms with Gasteiger partial charge in [-0.3, -0.25) is 4.79 Å². The second-order valence-electron chi connectivity index (χ2n) is 4.34. The summed E-state index contributed by atoms with van der Waals surface area (Å²) in [4.78, 5) is 12.6. The first-order valence-electron chi connectivity index (χ1n) is 5.35. The molecule has 0 aliphatic heterocycles. The van der Waals surface area contributed by atoms with Crippen LogP contribution in [0.3, 0.4) is 0 Å². The van der Waals surface area contributed by atoms with Crippen LogP contribution in [0.25, 0.3) is 0 Å². The SMILES string of the molecule is COC(=O)C(C)(C)COc1ccc(SC)cc1. The summed E-state index contributed by atoms with van der Waals surface area (Å²) in [6, 6.07) is 7.79. The smallest absolute Gasteiger partial charge is 0.314 e. The highest BCUT2D eigenvalue weighted by Gasteiger charge is 2.29. The second kappa shape index (κ2) is 5.96. The van der Waals surface area contributed by atoms with Crippen molar-refractivity contribution in [2.24, 2.45) is 5.41 Å². The van der Waals surface area contributed by atoms with E-state index in [1.165, 1.54) is 12.0 Å². The van der Waals surface area contributed by atoms with Gasteiger partial charge in [0.2, 0.25) is 0 Å². The van der Waals surface area contributed by atoms with E-state index in [0.717, 1.165) is 5.75 Å². The Hall–Kier alpha value is -1.16. The van der Waals surface area contributed by atoms with Crippen LogP contribution in [-0.2, 0) is 9.53 Å². The Kier molecular flexibility index (Phi) is 4.87. The normalized spacial score (nSPS) is 11.1. The summed E-state index contributed by atoms with van der Waals surface area (Å²) >= 11 is 1.68. The number of benzene rings is 1. The first kappa shape index (κ1) is 13.9. The molecule has 0 fully saturated rings. The lowest BCUT2D eigenvalue weighted by Crippen LogP contribution is -2.32. The van der Waals surface area contributed by atoms with Crippen molar-refractivity contribution in [2.45, 2.75) is 18.7 Å².